The van der Waals surface area contributed by atoms with E-state index < -0.39 is 35.6 Å². The van der Waals surface area contributed by atoms with E-state index in [0.29, 0.717) is 0 Å². The van der Waals surface area contributed by atoms with Crippen molar-refractivity contribution in [2.24, 2.45) is 0 Å². The Morgan fingerprint density at radius 3 is 2.50 bits per heavy atom. The van der Waals surface area contributed by atoms with E-state index >= 15 is 0 Å². The third kappa shape index (κ3) is 4.83. The Bertz CT molecular complexity index is 419. The summed E-state index contributed by atoms with van der Waals surface area (Å²) in [6, 6.07) is -0.579. The smallest absolute Gasteiger partial charge is 0.412 e. The van der Waals surface area contributed by atoms with Crippen molar-refractivity contribution in [3.05, 3.63) is 0 Å². The number of esters is 1. The van der Waals surface area contributed by atoms with E-state index in [2.05, 4.69) is 4.74 Å². The molecule has 6 nitrogen and oxygen atoms in total. The molecule has 1 fully saturated rings. The summed E-state index contributed by atoms with van der Waals surface area (Å²) in [5, 5.41) is 0. The summed E-state index contributed by atoms with van der Waals surface area (Å²) >= 11 is 0. The van der Waals surface area contributed by atoms with Gasteiger partial charge in [0.25, 0.3) is 0 Å². The van der Waals surface area contributed by atoms with Crippen LogP contribution in [0.3, 0.4) is 0 Å². The van der Waals surface area contributed by atoms with E-state index in [1.54, 1.807) is 41.5 Å². The minimum absolute atomic E-state index is 0.113. The topological polar surface area (TPSA) is 65.1 Å². The summed E-state index contributed by atoms with van der Waals surface area (Å²) in [5.74, 6) is -0.920. The molecule has 0 aromatic rings. The Balaban J connectivity index is 2.81. The zero-order chi connectivity index (χ0) is 17.1. The number of ether oxygens (including phenoxy) is 3. The molecule has 7 heteroatoms. The van der Waals surface area contributed by atoms with Crippen molar-refractivity contribution in [2.45, 2.75) is 71.5 Å². The number of alkyl halides is 1. The third-order valence-electron chi connectivity index (χ3n) is 3.19. The quantitative estimate of drug-likeness (QED) is 0.745. The molecule has 0 aromatic carbocycles. The van der Waals surface area contributed by atoms with Crippen LogP contribution in [0.2, 0.25) is 0 Å². The molecule has 1 heterocycles. The summed E-state index contributed by atoms with van der Waals surface area (Å²) in [6.07, 6.45) is -2.56. The molecule has 1 amide bonds. The first-order chi connectivity index (χ1) is 9.98. The Hall–Kier alpha value is -1.37. The lowest BCUT2D eigenvalue weighted by Gasteiger charge is -2.35. The van der Waals surface area contributed by atoms with Crippen LogP contribution in [0, 0.1) is 0 Å². The van der Waals surface area contributed by atoms with Gasteiger partial charge in [-0.3, -0.25) is 4.90 Å². The van der Waals surface area contributed by atoms with Crippen LogP contribution < -0.4 is 0 Å². The van der Waals surface area contributed by atoms with E-state index in [0.717, 1.165) is 0 Å². The van der Waals surface area contributed by atoms with Crippen molar-refractivity contribution in [1.82, 2.24) is 4.90 Å². The molecule has 1 aliphatic heterocycles. The largest absolute Gasteiger partial charge is 0.464 e. The van der Waals surface area contributed by atoms with Crippen LogP contribution in [0.5, 0.6) is 0 Å². The first-order valence-corrected chi connectivity index (χ1v) is 7.45. The molecule has 0 spiro atoms. The molecule has 0 N–H and O–H groups in total. The fourth-order valence-electron chi connectivity index (χ4n) is 2.31. The van der Waals surface area contributed by atoms with Gasteiger partial charge in [0.1, 0.15) is 11.3 Å². The molecule has 2 atom stereocenters. The first-order valence-electron chi connectivity index (χ1n) is 7.45. The summed E-state index contributed by atoms with van der Waals surface area (Å²) in [6.45, 7) is 10.5. The van der Waals surface area contributed by atoms with E-state index in [1.165, 1.54) is 4.90 Å². The Kier molecular flexibility index (Phi) is 5.78. The Morgan fingerprint density at radius 1 is 1.41 bits per heavy atom. The van der Waals surface area contributed by atoms with Crippen molar-refractivity contribution in [3.63, 3.8) is 0 Å². The molecule has 0 saturated carbocycles. The normalized spacial score (nSPS) is 22.3. The zero-order valence-electron chi connectivity index (χ0n) is 14.1. The lowest BCUT2D eigenvalue weighted by Crippen LogP contribution is -2.50. The van der Waals surface area contributed by atoms with Crippen LogP contribution in [-0.2, 0) is 19.0 Å². The minimum Gasteiger partial charge on any atom is -0.464 e. The van der Waals surface area contributed by atoms with E-state index in [1.807, 2.05) is 0 Å². The molecule has 0 aliphatic carbocycles. The second-order valence-corrected chi connectivity index (χ2v) is 6.72. The fraction of sp³-hybridized carbons (Fsp3) is 0.867. The number of carbonyl (C=O) groups excluding carboxylic acids is 2. The van der Waals surface area contributed by atoms with E-state index in [9.17, 15) is 14.0 Å². The molecule has 0 aromatic heterocycles. The second-order valence-electron chi connectivity index (χ2n) is 6.72. The standard InChI is InChI=1S/C15H26FNO5/c1-7-20-12(18)11(16)8-10-9-21-15(5,6)17(10)13(19)22-14(2,3)4/h10-11H,7-9H2,1-6H3/t10-,11?/m1/s1. The number of amides is 1. The average molecular weight is 319 g/mol. The highest BCUT2D eigenvalue weighted by Crippen LogP contribution is 2.31. The van der Waals surface area contributed by atoms with Crippen LogP contribution in [0.1, 0.15) is 48.0 Å². The highest BCUT2D eigenvalue weighted by Gasteiger charge is 2.47. The number of rotatable bonds is 4. The number of hydrogen-bond donors (Lipinski definition) is 0. The maximum absolute atomic E-state index is 14.0. The van der Waals surface area contributed by atoms with Gasteiger partial charge in [-0.1, -0.05) is 0 Å². The fourth-order valence-corrected chi connectivity index (χ4v) is 2.31. The predicted molar refractivity (Wildman–Crippen MR) is 78.0 cm³/mol. The van der Waals surface area contributed by atoms with Gasteiger partial charge in [-0.25, -0.2) is 14.0 Å². The van der Waals surface area contributed by atoms with Gasteiger partial charge in [0, 0.05) is 6.42 Å². The summed E-state index contributed by atoms with van der Waals surface area (Å²) in [7, 11) is 0. The molecule has 0 radical (unpaired) electrons. The van der Waals surface area contributed by atoms with Crippen molar-refractivity contribution >= 4 is 12.1 Å². The lowest BCUT2D eigenvalue weighted by molar-refractivity contribution is -0.149. The van der Waals surface area contributed by atoms with Gasteiger partial charge in [-0.05, 0) is 41.5 Å². The summed E-state index contributed by atoms with van der Waals surface area (Å²) in [5.41, 5.74) is -1.59. The highest BCUT2D eigenvalue weighted by atomic mass is 19.1. The maximum Gasteiger partial charge on any atom is 0.412 e. The lowest BCUT2D eigenvalue weighted by atomic mass is 10.1. The molecule has 22 heavy (non-hydrogen) atoms. The minimum atomic E-state index is -1.80. The maximum atomic E-state index is 14.0. The van der Waals surface area contributed by atoms with Gasteiger partial charge in [-0.15, -0.1) is 0 Å². The summed E-state index contributed by atoms with van der Waals surface area (Å²) < 4.78 is 29.5. The van der Waals surface area contributed by atoms with Gasteiger partial charge >= 0.3 is 12.1 Å². The highest BCUT2D eigenvalue weighted by molar-refractivity contribution is 5.75. The number of carbonyl (C=O) groups is 2. The molecule has 1 aliphatic rings. The number of nitrogens with zero attached hydrogens (tertiary/aromatic N) is 1. The van der Waals surface area contributed by atoms with Gasteiger partial charge < -0.3 is 14.2 Å². The molecule has 128 valence electrons. The third-order valence-corrected chi connectivity index (χ3v) is 3.19. The first kappa shape index (κ1) is 18.7. The van der Waals surface area contributed by atoms with Crippen LogP contribution in [0.15, 0.2) is 0 Å². The number of halogens is 1. The monoisotopic (exact) mass is 319 g/mol. The van der Waals surface area contributed by atoms with Gasteiger partial charge in [-0.2, -0.15) is 0 Å². The molecule has 1 saturated heterocycles. The SMILES string of the molecule is CCOC(=O)C(F)C[C@@H]1COC(C)(C)N1C(=O)OC(C)(C)C. The van der Waals surface area contributed by atoms with E-state index in [-0.39, 0.29) is 19.6 Å². The van der Waals surface area contributed by atoms with Gasteiger partial charge in [0.2, 0.25) is 0 Å². The van der Waals surface area contributed by atoms with Crippen molar-refractivity contribution in [1.29, 1.82) is 0 Å². The molecule has 0 bridgehead atoms. The second kappa shape index (κ2) is 6.81. The Labute approximate surface area is 130 Å². The van der Waals surface area contributed by atoms with E-state index in [4.69, 9.17) is 9.47 Å². The predicted octanol–water partition coefficient (Wildman–Crippen LogP) is 2.65. The summed E-state index contributed by atoms with van der Waals surface area (Å²) in [4.78, 5) is 25.1. The molecule has 1 unspecified atom stereocenters. The van der Waals surface area contributed by atoms with Crippen molar-refractivity contribution in [2.75, 3.05) is 13.2 Å². The van der Waals surface area contributed by atoms with Gasteiger partial charge in [0.05, 0.1) is 19.3 Å². The van der Waals surface area contributed by atoms with Crippen LogP contribution in [-0.4, -0.2) is 53.7 Å². The molecule has 1 rings (SSSR count). The average Bonchev–Trinajstić information content (AvgIpc) is 2.62. The van der Waals surface area contributed by atoms with Gasteiger partial charge in [0.15, 0.2) is 6.17 Å². The van der Waals surface area contributed by atoms with Crippen molar-refractivity contribution in [3.8, 4) is 0 Å². The zero-order valence-corrected chi connectivity index (χ0v) is 14.1. The van der Waals surface area contributed by atoms with Crippen LogP contribution in [0.4, 0.5) is 9.18 Å². The van der Waals surface area contributed by atoms with Crippen LogP contribution in [0.25, 0.3) is 0 Å². The molecular weight excluding hydrogens is 293 g/mol. The van der Waals surface area contributed by atoms with Crippen molar-refractivity contribution < 1.29 is 28.2 Å². The van der Waals surface area contributed by atoms with Crippen LogP contribution >= 0.6 is 0 Å². The molecular formula is C15H26FNO5. The Morgan fingerprint density at radius 2 is 2.00 bits per heavy atom. The number of hydrogen-bond acceptors (Lipinski definition) is 5.